The van der Waals surface area contributed by atoms with E-state index in [4.69, 9.17) is 21.1 Å². The molecule has 2 atom stereocenters. The zero-order valence-corrected chi connectivity index (χ0v) is 10.2. The minimum Gasteiger partial charge on any atom is -0.386 e. The van der Waals surface area contributed by atoms with Gasteiger partial charge in [0, 0.05) is 11.8 Å². The Balaban J connectivity index is 2.15. The average Bonchev–Trinajstić information content (AvgIpc) is 2.62. The molecule has 0 aliphatic carbocycles. The molecule has 94 valence electrons. The number of aliphatic hydroxyl groups excluding tert-OH is 1. The zero-order valence-electron chi connectivity index (χ0n) is 9.48. The summed E-state index contributed by atoms with van der Waals surface area (Å²) in [5.41, 5.74) is 0.318. The van der Waals surface area contributed by atoms with Crippen LogP contribution in [-0.2, 0) is 9.47 Å². The monoisotopic (exact) mass is 261 g/mol. The number of pyridine rings is 1. The summed E-state index contributed by atoms with van der Waals surface area (Å²) in [6.45, 7) is 3.75. The number of ether oxygens (including phenoxy) is 2. The van der Waals surface area contributed by atoms with Gasteiger partial charge in [0.15, 0.2) is 16.8 Å². The van der Waals surface area contributed by atoms with Crippen molar-refractivity contribution >= 4 is 11.6 Å². The third kappa shape index (κ3) is 2.74. The lowest BCUT2D eigenvalue weighted by Crippen LogP contribution is -2.25. The van der Waals surface area contributed by atoms with Gasteiger partial charge in [-0.15, -0.1) is 0 Å². The predicted molar refractivity (Wildman–Crippen MR) is 59.1 cm³/mol. The van der Waals surface area contributed by atoms with E-state index < -0.39 is 23.8 Å². The summed E-state index contributed by atoms with van der Waals surface area (Å²) in [5, 5.41) is 9.80. The summed E-state index contributed by atoms with van der Waals surface area (Å²) >= 11 is 5.47. The maximum atomic E-state index is 13.2. The number of rotatable bonds is 2. The van der Waals surface area contributed by atoms with Crippen LogP contribution < -0.4 is 0 Å². The lowest BCUT2D eigenvalue weighted by Gasteiger charge is -2.20. The van der Waals surface area contributed by atoms with Gasteiger partial charge in [-0.25, -0.2) is 9.37 Å². The van der Waals surface area contributed by atoms with Crippen molar-refractivity contribution in [2.45, 2.75) is 31.8 Å². The summed E-state index contributed by atoms with van der Waals surface area (Å²) < 4.78 is 24.0. The number of aromatic nitrogens is 1. The number of aliphatic hydroxyl groups is 1. The molecule has 1 fully saturated rings. The molecule has 0 saturated carbocycles. The molecule has 4 nitrogen and oxygen atoms in total. The van der Waals surface area contributed by atoms with Crippen molar-refractivity contribution in [1.82, 2.24) is 4.98 Å². The molecule has 17 heavy (non-hydrogen) atoms. The van der Waals surface area contributed by atoms with Crippen molar-refractivity contribution in [3.05, 3.63) is 28.8 Å². The first-order chi connectivity index (χ1) is 7.89. The minimum absolute atomic E-state index is 0.218. The van der Waals surface area contributed by atoms with Crippen LogP contribution in [-0.4, -0.2) is 28.6 Å². The summed E-state index contributed by atoms with van der Waals surface area (Å²) in [4.78, 5) is 3.64. The Morgan fingerprint density at radius 1 is 1.65 bits per heavy atom. The molecule has 6 heteroatoms. The molecule has 0 aromatic carbocycles. The van der Waals surface area contributed by atoms with Crippen molar-refractivity contribution in [2.75, 3.05) is 6.61 Å². The quantitative estimate of drug-likeness (QED) is 0.828. The maximum absolute atomic E-state index is 13.2. The molecule has 1 aliphatic rings. The predicted octanol–water partition coefficient (Wildman–Crippen LogP) is 2.06. The van der Waals surface area contributed by atoms with E-state index in [1.807, 2.05) is 0 Å². The van der Waals surface area contributed by atoms with Gasteiger partial charge < -0.3 is 14.6 Å². The number of nitrogens with zero attached hydrogens (tertiary/aromatic N) is 1. The smallest absolute Gasteiger partial charge is 0.164 e. The Morgan fingerprint density at radius 2 is 2.35 bits per heavy atom. The average molecular weight is 262 g/mol. The summed E-state index contributed by atoms with van der Waals surface area (Å²) in [5.74, 6) is -1.40. The third-order valence-electron chi connectivity index (χ3n) is 2.54. The largest absolute Gasteiger partial charge is 0.386 e. The molecule has 0 radical (unpaired) electrons. The van der Waals surface area contributed by atoms with E-state index >= 15 is 0 Å². The van der Waals surface area contributed by atoms with E-state index in [2.05, 4.69) is 4.98 Å². The summed E-state index contributed by atoms with van der Waals surface area (Å²) in [6.07, 6.45) is -0.200. The Morgan fingerprint density at radius 3 is 2.88 bits per heavy atom. The van der Waals surface area contributed by atoms with Gasteiger partial charge in [0.2, 0.25) is 0 Å². The normalized spacial score (nSPS) is 24.9. The van der Waals surface area contributed by atoms with Gasteiger partial charge in [0.05, 0.1) is 6.61 Å². The van der Waals surface area contributed by atoms with E-state index in [0.29, 0.717) is 5.56 Å². The molecule has 0 amide bonds. The Hall–Kier alpha value is -0.750. The third-order valence-corrected chi connectivity index (χ3v) is 2.82. The first-order valence-corrected chi connectivity index (χ1v) is 5.57. The van der Waals surface area contributed by atoms with Gasteiger partial charge in [-0.05, 0) is 19.9 Å². The second-order valence-corrected chi connectivity index (χ2v) is 4.71. The topological polar surface area (TPSA) is 51.6 Å². The number of hydrogen-bond acceptors (Lipinski definition) is 4. The Bertz CT molecular complexity index is 427. The molecular weight excluding hydrogens is 249 g/mol. The molecule has 2 rings (SSSR count). The molecule has 2 heterocycles. The maximum Gasteiger partial charge on any atom is 0.164 e. The molecule has 0 unspecified atom stereocenters. The van der Waals surface area contributed by atoms with E-state index in [1.54, 1.807) is 13.8 Å². The molecule has 1 aliphatic heterocycles. The van der Waals surface area contributed by atoms with Crippen LogP contribution in [0.25, 0.3) is 0 Å². The molecule has 1 saturated heterocycles. The van der Waals surface area contributed by atoms with Crippen LogP contribution in [0.2, 0.25) is 5.15 Å². The van der Waals surface area contributed by atoms with Crippen LogP contribution in [0.5, 0.6) is 0 Å². The molecule has 0 bridgehead atoms. The summed E-state index contributed by atoms with van der Waals surface area (Å²) in [7, 11) is 0. The highest BCUT2D eigenvalue weighted by Gasteiger charge is 2.37. The molecule has 1 aromatic heterocycles. The lowest BCUT2D eigenvalue weighted by atomic mass is 10.1. The fourth-order valence-electron chi connectivity index (χ4n) is 1.68. The van der Waals surface area contributed by atoms with E-state index in [1.165, 1.54) is 6.20 Å². The van der Waals surface area contributed by atoms with Crippen molar-refractivity contribution in [3.63, 3.8) is 0 Å². The fourth-order valence-corrected chi connectivity index (χ4v) is 1.79. The van der Waals surface area contributed by atoms with Crippen LogP contribution in [0, 0.1) is 5.82 Å². The second-order valence-electron chi connectivity index (χ2n) is 4.35. The summed E-state index contributed by atoms with van der Waals surface area (Å²) in [6, 6.07) is 1.15. The molecule has 0 spiro atoms. The van der Waals surface area contributed by atoms with Crippen LogP contribution in [0.3, 0.4) is 0 Å². The van der Waals surface area contributed by atoms with Gasteiger partial charge in [-0.1, -0.05) is 11.6 Å². The first-order valence-electron chi connectivity index (χ1n) is 5.20. The van der Waals surface area contributed by atoms with E-state index in [0.717, 1.165) is 6.07 Å². The molecule has 1 aromatic rings. The van der Waals surface area contributed by atoms with Gasteiger partial charge >= 0.3 is 0 Å². The van der Waals surface area contributed by atoms with Crippen molar-refractivity contribution in [3.8, 4) is 0 Å². The lowest BCUT2D eigenvalue weighted by molar-refractivity contribution is -0.151. The zero-order chi connectivity index (χ0) is 12.6. The van der Waals surface area contributed by atoms with Crippen LogP contribution in [0.1, 0.15) is 25.5 Å². The highest BCUT2D eigenvalue weighted by atomic mass is 35.5. The SMILES string of the molecule is CC1(C)OC[C@@H]([C@@H](O)c2cnc(Cl)c(F)c2)O1. The first kappa shape index (κ1) is 12.7. The van der Waals surface area contributed by atoms with E-state index in [-0.39, 0.29) is 11.8 Å². The van der Waals surface area contributed by atoms with Crippen LogP contribution in [0.15, 0.2) is 12.3 Å². The van der Waals surface area contributed by atoms with Crippen molar-refractivity contribution < 1.29 is 19.0 Å². The van der Waals surface area contributed by atoms with Crippen molar-refractivity contribution in [1.29, 1.82) is 0 Å². The molecular formula is C11H13ClFNO3. The molecule has 1 N–H and O–H groups in total. The minimum atomic E-state index is -0.990. The number of halogens is 2. The van der Waals surface area contributed by atoms with Gasteiger partial charge in [0.25, 0.3) is 0 Å². The van der Waals surface area contributed by atoms with Crippen LogP contribution in [0.4, 0.5) is 4.39 Å². The highest BCUT2D eigenvalue weighted by molar-refractivity contribution is 6.29. The van der Waals surface area contributed by atoms with Gasteiger partial charge in [0.1, 0.15) is 12.2 Å². The highest BCUT2D eigenvalue weighted by Crippen LogP contribution is 2.31. The standard InChI is InChI=1S/C11H13ClFNO3/c1-11(2)16-5-8(17-11)9(15)6-3-7(13)10(12)14-4-6/h3-4,8-9,15H,5H2,1-2H3/t8-,9-/m0/s1. The van der Waals surface area contributed by atoms with Gasteiger partial charge in [-0.2, -0.15) is 0 Å². The Kier molecular flexibility index (Phi) is 3.36. The second kappa shape index (κ2) is 4.49. The fraction of sp³-hybridized carbons (Fsp3) is 0.545. The number of hydrogen-bond donors (Lipinski definition) is 1. The van der Waals surface area contributed by atoms with Crippen LogP contribution >= 0.6 is 11.6 Å². The Labute approximate surface area is 103 Å². The van der Waals surface area contributed by atoms with Gasteiger partial charge in [-0.3, -0.25) is 0 Å². The van der Waals surface area contributed by atoms with E-state index in [9.17, 15) is 9.50 Å². The van der Waals surface area contributed by atoms with Crippen molar-refractivity contribution in [2.24, 2.45) is 0 Å².